The van der Waals surface area contributed by atoms with Gasteiger partial charge < -0.3 is 5.32 Å². The van der Waals surface area contributed by atoms with Gasteiger partial charge in [-0.2, -0.15) is 0 Å². The molecule has 1 heterocycles. The Balaban J connectivity index is 1.36. The summed E-state index contributed by atoms with van der Waals surface area (Å²) >= 11 is 0. The fourth-order valence-corrected chi connectivity index (χ4v) is 6.62. The van der Waals surface area contributed by atoms with Gasteiger partial charge in [0.15, 0.2) is 0 Å². The standard InChI is InChI=1S/C20H28N2O3S/c23-20(21-19-12-16-8-9-17(19)11-16)18-7-4-10-22(13-18)26(24,25)14-15-5-2-1-3-6-15/h1-3,5-6,16-19H,4,7-14H2,(H,21,23)/t16-,17-,18-,19-/m1/s1. The lowest BCUT2D eigenvalue weighted by molar-refractivity contribution is -0.127. The van der Waals surface area contributed by atoms with Gasteiger partial charge in [0.25, 0.3) is 0 Å². The van der Waals surface area contributed by atoms with E-state index in [1.807, 2.05) is 30.3 Å². The summed E-state index contributed by atoms with van der Waals surface area (Å²) in [6, 6.07) is 9.58. The Morgan fingerprint density at radius 1 is 1.12 bits per heavy atom. The number of nitrogens with zero attached hydrogens (tertiary/aromatic N) is 1. The number of benzene rings is 1. The molecule has 142 valence electrons. The van der Waals surface area contributed by atoms with Crippen LogP contribution in [0.1, 0.15) is 44.1 Å². The number of hydrogen-bond donors (Lipinski definition) is 1. The zero-order chi connectivity index (χ0) is 18.1. The van der Waals surface area contributed by atoms with Crippen molar-refractivity contribution in [2.45, 2.75) is 50.3 Å². The van der Waals surface area contributed by atoms with E-state index in [-0.39, 0.29) is 17.6 Å². The van der Waals surface area contributed by atoms with Crippen molar-refractivity contribution < 1.29 is 13.2 Å². The second-order valence-corrected chi connectivity index (χ2v) is 10.2. The highest BCUT2D eigenvalue weighted by atomic mass is 32.2. The van der Waals surface area contributed by atoms with Crippen LogP contribution in [0.25, 0.3) is 0 Å². The van der Waals surface area contributed by atoms with Crippen LogP contribution in [-0.2, 0) is 20.6 Å². The van der Waals surface area contributed by atoms with E-state index < -0.39 is 10.0 Å². The van der Waals surface area contributed by atoms with Gasteiger partial charge in [0.05, 0.1) is 11.7 Å². The van der Waals surface area contributed by atoms with Gasteiger partial charge in [0.1, 0.15) is 0 Å². The molecular formula is C20H28N2O3S. The minimum Gasteiger partial charge on any atom is -0.353 e. The first kappa shape index (κ1) is 18.0. The number of rotatable bonds is 5. The molecule has 1 saturated heterocycles. The lowest BCUT2D eigenvalue weighted by Gasteiger charge is -2.33. The Bertz CT molecular complexity index is 750. The fourth-order valence-electron chi connectivity index (χ4n) is 5.01. The van der Waals surface area contributed by atoms with Crippen molar-refractivity contribution in [1.82, 2.24) is 9.62 Å². The van der Waals surface area contributed by atoms with Gasteiger partial charge in [-0.1, -0.05) is 36.8 Å². The zero-order valence-corrected chi connectivity index (χ0v) is 16.0. The first-order chi connectivity index (χ1) is 12.5. The van der Waals surface area contributed by atoms with Gasteiger partial charge in [-0.05, 0) is 49.5 Å². The molecule has 2 bridgehead atoms. The highest BCUT2D eigenvalue weighted by molar-refractivity contribution is 7.88. The quantitative estimate of drug-likeness (QED) is 0.859. The maximum atomic E-state index is 12.8. The molecule has 5 nitrogen and oxygen atoms in total. The largest absolute Gasteiger partial charge is 0.353 e. The summed E-state index contributed by atoms with van der Waals surface area (Å²) in [5, 5.41) is 3.24. The molecule has 1 aromatic carbocycles. The van der Waals surface area contributed by atoms with E-state index >= 15 is 0 Å². The van der Waals surface area contributed by atoms with E-state index in [2.05, 4.69) is 5.32 Å². The average Bonchev–Trinajstić information content (AvgIpc) is 3.25. The molecule has 2 aliphatic carbocycles. The molecule has 2 saturated carbocycles. The zero-order valence-electron chi connectivity index (χ0n) is 15.1. The second-order valence-electron chi connectivity index (χ2n) is 8.23. The highest BCUT2D eigenvalue weighted by Gasteiger charge is 2.41. The van der Waals surface area contributed by atoms with E-state index in [0.717, 1.165) is 30.7 Å². The molecular weight excluding hydrogens is 348 g/mol. The molecule has 3 fully saturated rings. The van der Waals surface area contributed by atoms with Crippen LogP contribution in [0, 0.1) is 17.8 Å². The number of carbonyl (C=O) groups is 1. The van der Waals surface area contributed by atoms with Crippen LogP contribution in [0.4, 0.5) is 0 Å². The summed E-state index contributed by atoms with van der Waals surface area (Å²) in [4.78, 5) is 12.7. The van der Waals surface area contributed by atoms with Crippen LogP contribution in [0.2, 0.25) is 0 Å². The summed E-state index contributed by atoms with van der Waals surface area (Å²) in [5.74, 6) is 1.29. The van der Waals surface area contributed by atoms with Gasteiger partial charge in [-0.15, -0.1) is 0 Å². The topological polar surface area (TPSA) is 66.5 Å². The Hall–Kier alpha value is -1.40. The summed E-state index contributed by atoms with van der Waals surface area (Å²) in [6.45, 7) is 0.842. The van der Waals surface area contributed by atoms with Crippen molar-refractivity contribution in [3.63, 3.8) is 0 Å². The Morgan fingerprint density at radius 2 is 1.92 bits per heavy atom. The van der Waals surface area contributed by atoms with Crippen molar-refractivity contribution in [2.75, 3.05) is 13.1 Å². The Kier molecular flexibility index (Phi) is 5.06. The summed E-state index contributed by atoms with van der Waals surface area (Å²) in [6.07, 6.45) is 6.45. The normalized spacial score (nSPS) is 31.8. The smallest absolute Gasteiger partial charge is 0.224 e. The van der Waals surface area contributed by atoms with Crippen molar-refractivity contribution in [3.8, 4) is 0 Å². The Morgan fingerprint density at radius 3 is 2.62 bits per heavy atom. The molecule has 0 unspecified atom stereocenters. The average molecular weight is 377 g/mol. The predicted molar refractivity (Wildman–Crippen MR) is 101 cm³/mol. The van der Waals surface area contributed by atoms with Gasteiger partial charge in [0.2, 0.25) is 15.9 Å². The van der Waals surface area contributed by atoms with E-state index in [1.54, 1.807) is 0 Å². The minimum atomic E-state index is -3.39. The molecule has 6 heteroatoms. The van der Waals surface area contributed by atoms with Gasteiger partial charge in [-0.25, -0.2) is 12.7 Å². The summed E-state index contributed by atoms with van der Waals surface area (Å²) in [5.41, 5.74) is 0.793. The molecule has 0 aromatic heterocycles. The number of nitrogens with one attached hydrogen (secondary N) is 1. The predicted octanol–water partition coefficient (Wildman–Crippen LogP) is 2.53. The first-order valence-electron chi connectivity index (χ1n) is 9.83. The van der Waals surface area contributed by atoms with Crippen LogP contribution in [-0.4, -0.2) is 37.8 Å². The van der Waals surface area contributed by atoms with E-state index in [9.17, 15) is 13.2 Å². The molecule has 1 aliphatic heterocycles. The highest BCUT2D eigenvalue weighted by Crippen LogP contribution is 2.44. The number of piperidine rings is 1. The third-order valence-electron chi connectivity index (χ3n) is 6.41. The molecule has 26 heavy (non-hydrogen) atoms. The van der Waals surface area contributed by atoms with Crippen LogP contribution >= 0.6 is 0 Å². The van der Waals surface area contributed by atoms with Gasteiger partial charge in [-0.3, -0.25) is 4.79 Å². The SMILES string of the molecule is O=C(N[C@@H]1C[C@@H]2CC[C@@H]1C2)[C@@H]1CCCN(S(=O)(=O)Cc2ccccc2)C1. The summed E-state index contributed by atoms with van der Waals surface area (Å²) < 4.78 is 27.1. The number of amides is 1. The monoisotopic (exact) mass is 376 g/mol. The van der Waals surface area contributed by atoms with Gasteiger partial charge >= 0.3 is 0 Å². The number of carbonyl (C=O) groups excluding carboxylic acids is 1. The van der Waals surface area contributed by atoms with Crippen molar-refractivity contribution >= 4 is 15.9 Å². The lowest BCUT2D eigenvalue weighted by Crippen LogP contribution is -2.48. The Labute approximate surface area is 156 Å². The molecule has 1 N–H and O–H groups in total. The van der Waals surface area contributed by atoms with E-state index in [1.165, 1.54) is 23.6 Å². The fraction of sp³-hybridized carbons (Fsp3) is 0.650. The molecule has 1 aromatic rings. The van der Waals surface area contributed by atoms with Crippen molar-refractivity contribution in [3.05, 3.63) is 35.9 Å². The third-order valence-corrected chi connectivity index (χ3v) is 8.22. The molecule has 3 aliphatic rings. The molecule has 1 amide bonds. The summed E-state index contributed by atoms with van der Waals surface area (Å²) in [7, 11) is -3.39. The van der Waals surface area contributed by atoms with Crippen molar-refractivity contribution in [1.29, 1.82) is 0 Å². The third kappa shape index (κ3) is 3.81. The molecule has 4 rings (SSSR count). The van der Waals surface area contributed by atoms with Crippen LogP contribution < -0.4 is 5.32 Å². The first-order valence-corrected chi connectivity index (χ1v) is 11.4. The second kappa shape index (κ2) is 7.31. The molecule has 0 radical (unpaired) electrons. The number of fused-ring (bicyclic) bond motifs is 2. The van der Waals surface area contributed by atoms with E-state index in [4.69, 9.17) is 0 Å². The van der Waals surface area contributed by atoms with Crippen LogP contribution in [0.3, 0.4) is 0 Å². The lowest BCUT2D eigenvalue weighted by atomic mass is 9.93. The minimum absolute atomic E-state index is 0.00849. The van der Waals surface area contributed by atoms with Crippen molar-refractivity contribution in [2.24, 2.45) is 17.8 Å². The van der Waals surface area contributed by atoms with Gasteiger partial charge in [0, 0.05) is 19.1 Å². The number of hydrogen-bond acceptors (Lipinski definition) is 3. The van der Waals surface area contributed by atoms with E-state index in [0.29, 0.717) is 25.0 Å². The van der Waals surface area contributed by atoms with Crippen LogP contribution in [0.15, 0.2) is 30.3 Å². The maximum Gasteiger partial charge on any atom is 0.224 e. The number of sulfonamides is 1. The molecule has 4 atom stereocenters. The molecule has 0 spiro atoms. The maximum absolute atomic E-state index is 12.8. The van der Waals surface area contributed by atoms with Crippen LogP contribution in [0.5, 0.6) is 0 Å².